The minimum atomic E-state index is -0.170. The van der Waals surface area contributed by atoms with Gasteiger partial charge in [0, 0.05) is 12.1 Å². The number of carbonyl (C=O) groups is 1. The quantitative estimate of drug-likeness (QED) is 0.804. The summed E-state index contributed by atoms with van der Waals surface area (Å²) in [6.45, 7) is 2.81. The van der Waals surface area contributed by atoms with Gasteiger partial charge in [-0.05, 0) is 42.8 Å². The predicted molar refractivity (Wildman–Crippen MR) is 86.2 cm³/mol. The molecule has 0 spiro atoms. The lowest BCUT2D eigenvalue weighted by Crippen LogP contribution is -2.22. The summed E-state index contributed by atoms with van der Waals surface area (Å²) in [7, 11) is 1.62. The molecule has 0 fully saturated rings. The van der Waals surface area contributed by atoms with Gasteiger partial charge in [-0.3, -0.25) is 4.79 Å². The number of anilines is 1. The molecule has 2 aromatic rings. The fourth-order valence-electron chi connectivity index (χ4n) is 1.98. The van der Waals surface area contributed by atoms with Crippen LogP contribution in [0.15, 0.2) is 42.5 Å². The van der Waals surface area contributed by atoms with Gasteiger partial charge in [-0.25, -0.2) is 0 Å². The predicted octanol–water partition coefficient (Wildman–Crippen LogP) is 2.61. The maximum Gasteiger partial charge on any atom is 0.251 e. The number of carbonyl (C=O) groups excluding carboxylic acids is 1. The summed E-state index contributed by atoms with van der Waals surface area (Å²) >= 11 is 0. The number of ether oxygens (including phenoxy) is 2. The summed E-state index contributed by atoms with van der Waals surface area (Å²) in [5, 5.41) is 2.87. The molecule has 5 heteroatoms. The van der Waals surface area contributed by atoms with E-state index in [2.05, 4.69) is 5.32 Å². The molecule has 0 unspecified atom stereocenters. The third kappa shape index (κ3) is 3.91. The Hall–Kier alpha value is -2.69. The van der Waals surface area contributed by atoms with Crippen LogP contribution in [0.1, 0.15) is 22.8 Å². The van der Waals surface area contributed by atoms with Crippen molar-refractivity contribution in [2.75, 3.05) is 19.5 Å². The second kappa shape index (κ2) is 7.36. The number of nitrogen functional groups attached to an aromatic ring is 1. The van der Waals surface area contributed by atoms with Crippen LogP contribution in [0.3, 0.4) is 0 Å². The number of benzene rings is 2. The molecule has 0 saturated heterocycles. The Bertz CT molecular complexity index is 639. The van der Waals surface area contributed by atoms with E-state index in [4.69, 9.17) is 15.2 Å². The van der Waals surface area contributed by atoms with E-state index in [1.165, 1.54) is 0 Å². The van der Waals surface area contributed by atoms with Gasteiger partial charge >= 0.3 is 0 Å². The van der Waals surface area contributed by atoms with Crippen LogP contribution in [0, 0.1) is 0 Å². The van der Waals surface area contributed by atoms with E-state index in [1.54, 1.807) is 25.3 Å². The molecule has 116 valence electrons. The molecule has 0 heterocycles. The first-order valence-electron chi connectivity index (χ1n) is 7.07. The van der Waals surface area contributed by atoms with Crippen LogP contribution in [0.4, 0.5) is 5.69 Å². The fraction of sp³-hybridized carbons (Fsp3) is 0.235. The smallest absolute Gasteiger partial charge is 0.251 e. The van der Waals surface area contributed by atoms with E-state index in [9.17, 15) is 4.79 Å². The zero-order chi connectivity index (χ0) is 15.9. The second-order valence-corrected chi connectivity index (χ2v) is 4.72. The van der Waals surface area contributed by atoms with Gasteiger partial charge in [-0.1, -0.05) is 12.1 Å². The Morgan fingerprint density at radius 3 is 2.55 bits per heavy atom. The van der Waals surface area contributed by atoms with Crippen molar-refractivity contribution in [3.05, 3.63) is 53.6 Å². The fourth-order valence-corrected chi connectivity index (χ4v) is 1.98. The Morgan fingerprint density at radius 2 is 1.91 bits per heavy atom. The largest absolute Gasteiger partial charge is 0.497 e. The molecule has 5 nitrogen and oxygen atoms in total. The molecule has 2 rings (SSSR count). The molecule has 0 bridgehead atoms. The third-order valence-electron chi connectivity index (χ3n) is 3.19. The Kier molecular flexibility index (Phi) is 5.25. The van der Waals surface area contributed by atoms with E-state index in [-0.39, 0.29) is 5.91 Å². The number of hydrogen-bond donors (Lipinski definition) is 2. The van der Waals surface area contributed by atoms with Crippen molar-refractivity contribution in [3.63, 3.8) is 0 Å². The molecule has 0 aromatic heterocycles. The topological polar surface area (TPSA) is 73.6 Å². The Morgan fingerprint density at radius 1 is 1.18 bits per heavy atom. The maximum atomic E-state index is 12.2. The van der Waals surface area contributed by atoms with Crippen molar-refractivity contribution in [1.82, 2.24) is 5.32 Å². The number of nitrogens with one attached hydrogen (secondary N) is 1. The molecular weight excluding hydrogens is 280 g/mol. The number of nitrogens with two attached hydrogens (primary N) is 1. The summed E-state index contributed by atoms with van der Waals surface area (Å²) in [5.41, 5.74) is 7.84. The van der Waals surface area contributed by atoms with Gasteiger partial charge < -0.3 is 20.5 Å². The zero-order valence-electron chi connectivity index (χ0n) is 12.8. The highest BCUT2D eigenvalue weighted by Gasteiger charge is 2.09. The van der Waals surface area contributed by atoms with Crippen molar-refractivity contribution in [2.24, 2.45) is 0 Å². The van der Waals surface area contributed by atoms with E-state index >= 15 is 0 Å². The highest BCUT2D eigenvalue weighted by atomic mass is 16.5. The average Bonchev–Trinajstić information content (AvgIpc) is 2.55. The average molecular weight is 300 g/mol. The molecular formula is C17H20N2O3. The van der Waals surface area contributed by atoms with Gasteiger partial charge in [0.2, 0.25) is 0 Å². The van der Waals surface area contributed by atoms with Crippen molar-refractivity contribution in [1.29, 1.82) is 0 Å². The summed E-state index contributed by atoms with van der Waals surface area (Å²) < 4.78 is 10.5. The van der Waals surface area contributed by atoms with Gasteiger partial charge in [-0.2, -0.15) is 0 Å². The first-order chi connectivity index (χ1) is 10.6. The molecule has 0 aliphatic heterocycles. The van der Waals surface area contributed by atoms with Crippen molar-refractivity contribution >= 4 is 11.6 Å². The molecule has 0 aliphatic rings. The summed E-state index contributed by atoms with van der Waals surface area (Å²) in [6, 6.07) is 12.5. The van der Waals surface area contributed by atoms with Crippen LogP contribution in [-0.2, 0) is 6.54 Å². The van der Waals surface area contributed by atoms with Crippen molar-refractivity contribution < 1.29 is 14.3 Å². The first kappa shape index (κ1) is 15.7. The molecule has 0 atom stereocenters. The highest BCUT2D eigenvalue weighted by molar-refractivity contribution is 5.95. The minimum absolute atomic E-state index is 0.170. The molecule has 22 heavy (non-hydrogen) atoms. The lowest BCUT2D eigenvalue weighted by atomic mass is 10.1. The van der Waals surface area contributed by atoms with E-state index in [0.29, 0.717) is 30.2 Å². The van der Waals surface area contributed by atoms with E-state index in [0.717, 1.165) is 11.3 Å². The minimum Gasteiger partial charge on any atom is -0.497 e. The second-order valence-electron chi connectivity index (χ2n) is 4.72. The highest BCUT2D eigenvalue weighted by Crippen LogP contribution is 2.22. The van der Waals surface area contributed by atoms with Gasteiger partial charge in [0.15, 0.2) is 0 Å². The van der Waals surface area contributed by atoms with Crippen LogP contribution in [0.25, 0.3) is 0 Å². The number of amides is 1. The maximum absolute atomic E-state index is 12.2. The van der Waals surface area contributed by atoms with E-state index in [1.807, 2.05) is 31.2 Å². The van der Waals surface area contributed by atoms with Crippen molar-refractivity contribution in [3.8, 4) is 11.5 Å². The lowest BCUT2D eigenvalue weighted by Gasteiger charge is -2.10. The third-order valence-corrected chi connectivity index (χ3v) is 3.19. The lowest BCUT2D eigenvalue weighted by molar-refractivity contribution is 0.0950. The van der Waals surface area contributed by atoms with Crippen LogP contribution in [0.5, 0.6) is 11.5 Å². The number of hydrogen-bond acceptors (Lipinski definition) is 4. The van der Waals surface area contributed by atoms with Crippen LogP contribution < -0.4 is 20.5 Å². The Labute approximate surface area is 130 Å². The number of methoxy groups -OCH3 is 1. The molecule has 2 aromatic carbocycles. The molecule has 0 saturated carbocycles. The van der Waals surface area contributed by atoms with Crippen molar-refractivity contribution in [2.45, 2.75) is 13.5 Å². The molecule has 3 N–H and O–H groups in total. The van der Waals surface area contributed by atoms with Crippen LogP contribution in [-0.4, -0.2) is 19.6 Å². The van der Waals surface area contributed by atoms with Crippen LogP contribution >= 0.6 is 0 Å². The van der Waals surface area contributed by atoms with E-state index < -0.39 is 0 Å². The first-order valence-corrected chi connectivity index (χ1v) is 7.07. The molecule has 1 amide bonds. The zero-order valence-corrected chi connectivity index (χ0v) is 12.8. The summed E-state index contributed by atoms with van der Waals surface area (Å²) in [6.07, 6.45) is 0. The van der Waals surface area contributed by atoms with Gasteiger partial charge in [0.05, 0.1) is 19.4 Å². The SMILES string of the molecule is CCOc1cc(C(=O)NCc2ccc(OC)cc2)ccc1N. The molecule has 0 aliphatic carbocycles. The van der Waals surface area contributed by atoms with Gasteiger partial charge in [0.25, 0.3) is 5.91 Å². The van der Waals surface area contributed by atoms with Gasteiger partial charge in [-0.15, -0.1) is 0 Å². The summed E-state index contributed by atoms with van der Waals surface area (Å²) in [5.74, 6) is 1.14. The monoisotopic (exact) mass is 300 g/mol. The molecule has 0 radical (unpaired) electrons. The van der Waals surface area contributed by atoms with Crippen LogP contribution in [0.2, 0.25) is 0 Å². The summed E-state index contributed by atoms with van der Waals surface area (Å²) in [4.78, 5) is 12.2. The number of rotatable bonds is 6. The standard InChI is InChI=1S/C17H20N2O3/c1-3-22-16-10-13(6-9-15(16)18)17(20)19-11-12-4-7-14(21-2)8-5-12/h4-10H,3,11,18H2,1-2H3,(H,19,20). The Balaban J connectivity index is 2.00. The normalized spacial score (nSPS) is 10.1. The van der Waals surface area contributed by atoms with Gasteiger partial charge in [0.1, 0.15) is 11.5 Å².